The number of nitrogens with one attached hydrogen (secondary N) is 2. The van der Waals surface area contributed by atoms with Gasteiger partial charge in [-0.05, 0) is 42.3 Å². The van der Waals surface area contributed by atoms with Crippen LogP contribution in [0.2, 0.25) is 5.02 Å². The molecule has 4 aromatic rings. The zero-order valence-electron chi connectivity index (χ0n) is 18.5. The molecule has 1 amide bonds. The van der Waals surface area contributed by atoms with Crippen molar-refractivity contribution in [3.05, 3.63) is 88.1 Å². The molecule has 36 heavy (non-hydrogen) atoms. The zero-order chi connectivity index (χ0) is 25.9. The van der Waals surface area contributed by atoms with Gasteiger partial charge < -0.3 is 5.32 Å². The number of thiazole rings is 1. The summed E-state index contributed by atoms with van der Waals surface area (Å²) in [6.07, 6.45) is 2.52. The summed E-state index contributed by atoms with van der Waals surface area (Å²) in [5.74, 6) is -1.13. The topological polar surface area (TPSA) is 148 Å². The van der Waals surface area contributed by atoms with E-state index in [0.29, 0.717) is 5.56 Å². The fourth-order valence-electron chi connectivity index (χ4n) is 3.06. The minimum atomic E-state index is -3.96. The average Bonchev–Trinajstić information content (AvgIpc) is 3.33. The first-order valence-corrected chi connectivity index (χ1v) is 14.6. The Morgan fingerprint density at radius 2 is 1.75 bits per heavy atom. The molecule has 2 aromatic heterocycles. The van der Waals surface area contributed by atoms with E-state index >= 15 is 0 Å². The number of sulfone groups is 1. The van der Waals surface area contributed by atoms with Crippen molar-refractivity contribution in [1.29, 1.82) is 0 Å². The van der Waals surface area contributed by atoms with E-state index in [2.05, 4.69) is 25.0 Å². The van der Waals surface area contributed by atoms with E-state index in [-0.39, 0.29) is 32.2 Å². The third-order valence-corrected chi connectivity index (χ3v) is 8.79. The molecule has 14 heteroatoms. The molecule has 0 aliphatic rings. The van der Waals surface area contributed by atoms with E-state index in [9.17, 15) is 21.6 Å². The number of amides is 1. The molecule has 0 radical (unpaired) electrons. The molecule has 0 atom stereocenters. The number of carbonyl (C=O) groups is 1. The molecule has 0 aliphatic carbocycles. The number of rotatable bonds is 8. The van der Waals surface area contributed by atoms with E-state index in [1.54, 1.807) is 36.6 Å². The van der Waals surface area contributed by atoms with Gasteiger partial charge in [-0.15, -0.1) is 11.3 Å². The van der Waals surface area contributed by atoms with Gasteiger partial charge in [-0.3, -0.25) is 9.52 Å². The lowest BCUT2D eigenvalue weighted by Crippen LogP contribution is -2.18. The predicted molar refractivity (Wildman–Crippen MR) is 136 cm³/mol. The summed E-state index contributed by atoms with van der Waals surface area (Å²) < 4.78 is 53.0. The highest BCUT2D eigenvalue weighted by Crippen LogP contribution is 2.22. The molecule has 0 aliphatic heterocycles. The van der Waals surface area contributed by atoms with Gasteiger partial charge in [0.05, 0.1) is 21.9 Å². The van der Waals surface area contributed by atoms with Gasteiger partial charge in [0.25, 0.3) is 15.9 Å². The molecule has 0 fully saturated rings. The van der Waals surface area contributed by atoms with Gasteiger partial charge in [0, 0.05) is 17.3 Å². The van der Waals surface area contributed by atoms with Gasteiger partial charge in [0.1, 0.15) is 0 Å². The molecular weight excluding hydrogens is 546 g/mol. The number of hydrogen-bond donors (Lipinski definition) is 2. The first-order chi connectivity index (χ1) is 17.0. The summed E-state index contributed by atoms with van der Waals surface area (Å²) >= 11 is 7.21. The Balaban J connectivity index is 1.52. The van der Waals surface area contributed by atoms with Crippen molar-refractivity contribution in [2.75, 3.05) is 10.0 Å². The lowest BCUT2D eigenvalue weighted by atomic mass is 10.1. The lowest BCUT2D eigenvalue weighted by Gasteiger charge is -2.10. The number of carbonyl (C=O) groups excluding carboxylic acids is 1. The fourth-order valence-corrected chi connectivity index (χ4v) is 6.33. The number of benzene rings is 2. The van der Waals surface area contributed by atoms with Gasteiger partial charge in [-0.25, -0.2) is 31.8 Å². The van der Waals surface area contributed by atoms with E-state index in [1.807, 2.05) is 0 Å². The second-order valence-electron chi connectivity index (χ2n) is 7.46. The normalized spacial score (nSPS) is 11.7. The molecule has 2 aromatic carbocycles. The molecule has 0 saturated carbocycles. The summed E-state index contributed by atoms with van der Waals surface area (Å²) in [4.78, 5) is 24.4. The fraction of sp³-hybridized carbons (Fsp3) is 0.0909. The minimum Gasteiger partial charge on any atom is -0.321 e. The second-order valence-corrected chi connectivity index (χ2v) is 12.3. The van der Waals surface area contributed by atoms with Crippen LogP contribution < -0.4 is 10.0 Å². The number of sulfonamides is 1. The van der Waals surface area contributed by atoms with Crippen LogP contribution in [-0.4, -0.2) is 37.7 Å². The average molecular weight is 564 g/mol. The molecule has 10 nitrogen and oxygen atoms in total. The molecule has 0 saturated heterocycles. The highest BCUT2D eigenvalue weighted by atomic mass is 35.5. The number of aromatic nitrogens is 3. The van der Waals surface area contributed by atoms with Crippen molar-refractivity contribution in [2.24, 2.45) is 0 Å². The quantitative estimate of drug-likeness (QED) is 0.306. The summed E-state index contributed by atoms with van der Waals surface area (Å²) in [6, 6.07) is 12.3. The van der Waals surface area contributed by atoms with E-state index in [4.69, 9.17) is 11.6 Å². The Labute approximate surface area is 216 Å². The van der Waals surface area contributed by atoms with Gasteiger partial charge in [0.15, 0.2) is 10.8 Å². The molecule has 2 N–H and O–H groups in total. The molecule has 186 valence electrons. The first kappa shape index (κ1) is 25.7. The van der Waals surface area contributed by atoms with Crippen molar-refractivity contribution in [2.45, 2.75) is 22.7 Å². The van der Waals surface area contributed by atoms with Gasteiger partial charge in [-0.1, -0.05) is 35.9 Å². The zero-order valence-corrected chi connectivity index (χ0v) is 21.7. The maximum atomic E-state index is 12.9. The van der Waals surface area contributed by atoms with Crippen LogP contribution in [0.1, 0.15) is 21.6 Å². The summed E-state index contributed by atoms with van der Waals surface area (Å²) in [5, 5.41) is 3.70. The van der Waals surface area contributed by atoms with Crippen LogP contribution in [0.5, 0.6) is 0 Å². The second kappa shape index (κ2) is 10.3. The standard InChI is InChI=1S/C22H18ClN5O5S3/c1-14-4-2-3-5-15(14)13-35(30,31)22-25-12-18(23)19(27-22)20(29)26-16-6-8-17(9-7-16)36(32,33)28-21-24-10-11-34-21/h2-12H,13H2,1H3,(H,24,28)(H,26,29). The van der Waals surface area contributed by atoms with Crippen LogP contribution in [0.15, 0.2) is 76.4 Å². The van der Waals surface area contributed by atoms with Crippen molar-refractivity contribution >= 4 is 59.5 Å². The molecule has 0 bridgehead atoms. The lowest BCUT2D eigenvalue weighted by molar-refractivity contribution is 0.102. The monoisotopic (exact) mass is 563 g/mol. The van der Waals surface area contributed by atoms with Crippen molar-refractivity contribution in [1.82, 2.24) is 15.0 Å². The highest BCUT2D eigenvalue weighted by molar-refractivity contribution is 7.93. The van der Waals surface area contributed by atoms with E-state index in [0.717, 1.165) is 23.1 Å². The van der Waals surface area contributed by atoms with Crippen LogP contribution in [0.3, 0.4) is 0 Å². The maximum absolute atomic E-state index is 12.9. The van der Waals surface area contributed by atoms with Crippen molar-refractivity contribution in [3.63, 3.8) is 0 Å². The summed E-state index contributed by atoms with van der Waals surface area (Å²) in [6.45, 7) is 1.79. The largest absolute Gasteiger partial charge is 0.321 e. The van der Waals surface area contributed by atoms with Crippen LogP contribution in [0.25, 0.3) is 0 Å². The number of anilines is 2. The Bertz CT molecular complexity index is 1630. The number of hydrogen-bond acceptors (Lipinski definition) is 9. The summed E-state index contributed by atoms with van der Waals surface area (Å²) in [7, 11) is -7.83. The number of aryl methyl sites for hydroxylation is 1. The Morgan fingerprint density at radius 3 is 2.42 bits per heavy atom. The van der Waals surface area contributed by atoms with E-state index in [1.165, 1.54) is 30.5 Å². The first-order valence-electron chi connectivity index (χ1n) is 10.2. The Hall–Kier alpha value is -3.39. The van der Waals surface area contributed by atoms with Crippen molar-refractivity contribution in [3.8, 4) is 0 Å². The van der Waals surface area contributed by atoms with Gasteiger partial charge in [0.2, 0.25) is 15.0 Å². The Morgan fingerprint density at radius 1 is 1.03 bits per heavy atom. The van der Waals surface area contributed by atoms with Crippen LogP contribution in [0, 0.1) is 6.92 Å². The third-order valence-electron chi connectivity index (χ3n) is 4.90. The molecule has 0 spiro atoms. The summed E-state index contributed by atoms with van der Waals surface area (Å²) in [5.41, 5.74) is 1.28. The maximum Gasteiger partial charge on any atom is 0.275 e. The van der Waals surface area contributed by atoms with Crippen molar-refractivity contribution < 1.29 is 21.6 Å². The Kier molecular flexibility index (Phi) is 7.36. The SMILES string of the molecule is Cc1ccccc1CS(=O)(=O)c1ncc(Cl)c(C(=O)Nc2ccc(S(=O)(=O)Nc3nccs3)cc2)n1. The van der Waals surface area contributed by atoms with Gasteiger partial charge >= 0.3 is 0 Å². The predicted octanol–water partition coefficient (Wildman–Crippen LogP) is 3.92. The minimum absolute atomic E-state index is 0.0413. The highest BCUT2D eigenvalue weighted by Gasteiger charge is 2.24. The molecule has 4 rings (SSSR count). The third kappa shape index (κ3) is 5.87. The van der Waals surface area contributed by atoms with Gasteiger partial charge in [-0.2, -0.15) is 0 Å². The van der Waals surface area contributed by atoms with Crippen LogP contribution in [-0.2, 0) is 25.6 Å². The smallest absolute Gasteiger partial charge is 0.275 e. The number of halogens is 1. The molecule has 0 unspecified atom stereocenters. The number of nitrogens with zero attached hydrogens (tertiary/aromatic N) is 3. The van der Waals surface area contributed by atoms with Crippen LogP contribution >= 0.6 is 22.9 Å². The molecule has 2 heterocycles. The van der Waals surface area contributed by atoms with Crippen LogP contribution in [0.4, 0.5) is 10.8 Å². The molecular formula is C22H18ClN5O5S3. The van der Waals surface area contributed by atoms with E-state index < -0.39 is 30.9 Å².